The van der Waals surface area contributed by atoms with Crippen LogP contribution in [0.15, 0.2) is 34.7 Å². The second-order valence-corrected chi connectivity index (χ2v) is 3.62. The lowest BCUT2D eigenvalue weighted by Gasteiger charge is -1.99. The molecule has 88 valence electrons. The maximum Gasteiger partial charge on any atom is 0.313 e. The number of aromatic nitrogens is 1. The van der Waals surface area contributed by atoms with Gasteiger partial charge in [-0.25, -0.2) is 4.98 Å². The third kappa shape index (κ3) is 2.53. The minimum Gasteiger partial charge on any atom is -0.469 e. The predicted molar refractivity (Wildman–Crippen MR) is 62.4 cm³/mol. The summed E-state index contributed by atoms with van der Waals surface area (Å²) in [4.78, 5) is 15.6. The summed E-state index contributed by atoms with van der Waals surface area (Å²) in [7, 11) is 1.35. The Morgan fingerprint density at radius 2 is 2.06 bits per heavy atom. The van der Waals surface area contributed by atoms with Crippen LogP contribution in [0.25, 0.3) is 11.3 Å². The Kier molecular flexibility index (Phi) is 3.23. The molecule has 0 amide bonds. The molecular formula is C13H13NO3. The Balaban J connectivity index is 2.37. The molecule has 0 radical (unpaired) electrons. The van der Waals surface area contributed by atoms with E-state index in [1.165, 1.54) is 7.11 Å². The molecule has 1 aromatic heterocycles. The van der Waals surface area contributed by atoms with Crippen molar-refractivity contribution in [1.29, 1.82) is 0 Å². The summed E-state index contributed by atoms with van der Waals surface area (Å²) in [5.41, 5.74) is 1.64. The van der Waals surface area contributed by atoms with Gasteiger partial charge in [-0.2, -0.15) is 0 Å². The quantitative estimate of drug-likeness (QED) is 0.761. The highest BCUT2D eigenvalue weighted by Crippen LogP contribution is 2.24. The zero-order valence-electron chi connectivity index (χ0n) is 9.77. The number of aryl methyl sites for hydroxylation is 1. The molecule has 4 nitrogen and oxygen atoms in total. The molecule has 1 aromatic carbocycles. The first-order valence-electron chi connectivity index (χ1n) is 5.29. The molecule has 1 heterocycles. The van der Waals surface area contributed by atoms with Crippen LogP contribution in [0.4, 0.5) is 0 Å². The molecule has 17 heavy (non-hydrogen) atoms. The van der Waals surface area contributed by atoms with Crippen molar-refractivity contribution in [1.82, 2.24) is 4.98 Å². The Morgan fingerprint density at radius 1 is 1.35 bits per heavy atom. The summed E-state index contributed by atoms with van der Waals surface area (Å²) >= 11 is 0. The van der Waals surface area contributed by atoms with Gasteiger partial charge in [0, 0.05) is 12.5 Å². The molecule has 0 N–H and O–H groups in total. The van der Waals surface area contributed by atoms with Gasteiger partial charge in [0.25, 0.3) is 0 Å². The highest BCUT2D eigenvalue weighted by atomic mass is 16.5. The first-order chi connectivity index (χ1) is 8.20. The highest BCUT2D eigenvalue weighted by Gasteiger charge is 2.16. The van der Waals surface area contributed by atoms with Crippen molar-refractivity contribution in [2.75, 3.05) is 7.11 Å². The summed E-state index contributed by atoms with van der Waals surface area (Å²) < 4.78 is 10.1. The number of carbonyl (C=O) groups excluding carboxylic acids is 1. The number of esters is 1. The lowest BCUT2D eigenvalue weighted by atomic mass is 10.1. The predicted octanol–water partition coefficient (Wildman–Crippen LogP) is 2.37. The molecule has 2 rings (SSSR count). The maximum absolute atomic E-state index is 11.3. The van der Waals surface area contributed by atoms with E-state index in [0.29, 0.717) is 17.3 Å². The van der Waals surface area contributed by atoms with Gasteiger partial charge in [-0.05, 0) is 0 Å². The fourth-order valence-corrected chi connectivity index (χ4v) is 1.61. The van der Waals surface area contributed by atoms with Crippen molar-refractivity contribution in [3.8, 4) is 11.3 Å². The second kappa shape index (κ2) is 4.82. The zero-order valence-corrected chi connectivity index (χ0v) is 9.77. The number of oxazole rings is 1. The van der Waals surface area contributed by atoms with E-state index < -0.39 is 0 Å². The van der Waals surface area contributed by atoms with Gasteiger partial charge < -0.3 is 9.15 Å². The molecule has 2 aromatic rings. The minimum absolute atomic E-state index is 0.0988. The monoisotopic (exact) mass is 231 g/mol. The maximum atomic E-state index is 11.3. The fourth-order valence-electron chi connectivity index (χ4n) is 1.61. The average molecular weight is 231 g/mol. The summed E-state index contributed by atoms with van der Waals surface area (Å²) in [5.74, 6) is 0.752. The molecule has 0 aliphatic heterocycles. The van der Waals surface area contributed by atoms with Gasteiger partial charge in [0.15, 0.2) is 5.89 Å². The van der Waals surface area contributed by atoms with Crippen molar-refractivity contribution in [2.45, 2.75) is 13.3 Å². The van der Waals surface area contributed by atoms with Crippen molar-refractivity contribution in [2.24, 2.45) is 0 Å². The normalized spacial score (nSPS) is 10.2. The van der Waals surface area contributed by atoms with Gasteiger partial charge >= 0.3 is 5.97 Å². The van der Waals surface area contributed by atoms with Gasteiger partial charge in [0.1, 0.15) is 17.9 Å². The summed E-state index contributed by atoms with van der Waals surface area (Å²) in [6, 6.07) is 9.62. The van der Waals surface area contributed by atoms with Gasteiger partial charge in [-0.1, -0.05) is 30.3 Å². The standard InChI is InChI=1S/C13H13NO3/c1-9-14-13(10-6-4-3-5-7-10)11(17-9)8-12(15)16-2/h3-7H,8H2,1-2H3. The number of methoxy groups -OCH3 is 1. The number of nitrogens with zero attached hydrogens (tertiary/aromatic N) is 1. The van der Waals surface area contributed by atoms with Crippen molar-refractivity contribution in [3.63, 3.8) is 0 Å². The van der Waals surface area contributed by atoms with Crippen LogP contribution in [0.2, 0.25) is 0 Å². The molecule has 0 aliphatic rings. The number of carbonyl (C=O) groups is 1. The van der Waals surface area contributed by atoms with Gasteiger partial charge in [-0.3, -0.25) is 4.79 Å². The van der Waals surface area contributed by atoms with E-state index in [9.17, 15) is 4.79 Å². The van der Waals surface area contributed by atoms with Crippen LogP contribution < -0.4 is 0 Å². The number of hydrogen-bond acceptors (Lipinski definition) is 4. The van der Waals surface area contributed by atoms with E-state index in [-0.39, 0.29) is 12.4 Å². The van der Waals surface area contributed by atoms with E-state index in [0.717, 1.165) is 5.56 Å². The number of benzene rings is 1. The van der Waals surface area contributed by atoms with E-state index >= 15 is 0 Å². The fraction of sp³-hybridized carbons (Fsp3) is 0.231. The molecule has 0 unspecified atom stereocenters. The molecule has 0 atom stereocenters. The molecule has 0 fully saturated rings. The Labute approximate surface area is 99.2 Å². The van der Waals surface area contributed by atoms with Crippen LogP contribution in [0, 0.1) is 6.92 Å². The van der Waals surface area contributed by atoms with Gasteiger partial charge in [0.05, 0.1) is 7.11 Å². The SMILES string of the molecule is COC(=O)Cc1oc(C)nc1-c1ccccc1. The van der Waals surface area contributed by atoms with Crippen molar-refractivity contribution < 1.29 is 13.9 Å². The second-order valence-electron chi connectivity index (χ2n) is 3.62. The lowest BCUT2D eigenvalue weighted by molar-refractivity contribution is -0.140. The average Bonchev–Trinajstić information content (AvgIpc) is 2.71. The third-order valence-corrected chi connectivity index (χ3v) is 2.38. The first kappa shape index (κ1) is 11.4. The summed E-state index contributed by atoms with van der Waals surface area (Å²) in [6.07, 6.45) is 0.0988. The summed E-state index contributed by atoms with van der Waals surface area (Å²) in [6.45, 7) is 1.76. The largest absolute Gasteiger partial charge is 0.469 e. The summed E-state index contributed by atoms with van der Waals surface area (Å²) in [5, 5.41) is 0. The van der Waals surface area contributed by atoms with Gasteiger partial charge in [-0.15, -0.1) is 0 Å². The topological polar surface area (TPSA) is 52.3 Å². The van der Waals surface area contributed by atoms with E-state index in [2.05, 4.69) is 9.72 Å². The van der Waals surface area contributed by atoms with Crippen molar-refractivity contribution in [3.05, 3.63) is 42.0 Å². The lowest BCUT2D eigenvalue weighted by Crippen LogP contribution is -2.04. The number of ether oxygens (including phenoxy) is 1. The molecule has 0 spiro atoms. The Morgan fingerprint density at radius 3 is 2.71 bits per heavy atom. The molecule has 0 saturated carbocycles. The Hall–Kier alpha value is -2.10. The molecule has 0 bridgehead atoms. The Bertz CT molecular complexity index is 517. The van der Waals surface area contributed by atoms with Gasteiger partial charge in [0.2, 0.25) is 0 Å². The van der Waals surface area contributed by atoms with Crippen LogP contribution in [0.1, 0.15) is 11.7 Å². The molecule has 0 aliphatic carbocycles. The van der Waals surface area contributed by atoms with Crippen LogP contribution in [0.3, 0.4) is 0 Å². The van der Waals surface area contributed by atoms with Crippen LogP contribution in [-0.4, -0.2) is 18.1 Å². The molecule has 4 heteroatoms. The number of rotatable bonds is 3. The third-order valence-electron chi connectivity index (χ3n) is 2.38. The molecular weight excluding hydrogens is 218 g/mol. The van der Waals surface area contributed by atoms with E-state index in [1.54, 1.807) is 6.92 Å². The highest BCUT2D eigenvalue weighted by molar-refractivity contribution is 5.75. The van der Waals surface area contributed by atoms with E-state index in [4.69, 9.17) is 4.42 Å². The minimum atomic E-state index is -0.335. The van der Waals surface area contributed by atoms with Crippen LogP contribution >= 0.6 is 0 Å². The van der Waals surface area contributed by atoms with E-state index in [1.807, 2.05) is 30.3 Å². The molecule has 0 saturated heterocycles. The number of hydrogen-bond donors (Lipinski definition) is 0. The zero-order chi connectivity index (χ0) is 12.3. The smallest absolute Gasteiger partial charge is 0.313 e. The van der Waals surface area contributed by atoms with Crippen LogP contribution in [0.5, 0.6) is 0 Å². The van der Waals surface area contributed by atoms with Crippen molar-refractivity contribution >= 4 is 5.97 Å². The first-order valence-corrected chi connectivity index (χ1v) is 5.29. The van der Waals surface area contributed by atoms with Crippen LogP contribution in [-0.2, 0) is 16.0 Å².